The molecule has 0 radical (unpaired) electrons. The van der Waals surface area contributed by atoms with Gasteiger partial charge in [0.05, 0.1) is 12.8 Å². The Hall–Kier alpha value is -2.63. The van der Waals surface area contributed by atoms with Crippen molar-refractivity contribution in [3.8, 4) is 11.4 Å². The molecule has 3 aromatic rings. The molecular weight excluding hydrogens is 254 g/mol. The van der Waals surface area contributed by atoms with Gasteiger partial charge in [-0.2, -0.15) is 5.10 Å². The third-order valence-electron chi connectivity index (χ3n) is 3.07. The summed E-state index contributed by atoms with van der Waals surface area (Å²) < 4.78 is 9.09. The van der Waals surface area contributed by atoms with Gasteiger partial charge in [-0.1, -0.05) is 6.07 Å². The molecule has 0 N–H and O–H groups in total. The summed E-state index contributed by atoms with van der Waals surface area (Å²) in [6, 6.07) is 9.74. The fourth-order valence-corrected chi connectivity index (χ4v) is 2.05. The maximum Gasteiger partial charge on any atom is 0.139 e. The summed E-state index contributed by atoms with van der Waals surface area (Å²) in [4.78, 5) is 0. The average Bonchev–Trinajstić information content (AvgIpc) is 3.16. The number of rotatable bonds is 5. The van der Waals surface area contributed by atoms with Gasteiger partial charge in [-0.3, -0.25) is 9.25 Å². The molecule has 0 atom stereocenters. The van der Waals surface area contributed by atoms with Crippen molar-refractivity contribution in [1.29, 1.82) is 0 Å². The van der Waals surface area contributed by atoms with Crippen molar-refractivity contribution < 1.29 is 4.74 Å². The first-order chi connectivity index (χ1) is 9.86. The van der Waals surface area contributed by atoms with Crippen LogP contribution in [-0.4, -0.2) is 31.7 Å². The van der Waals surface area contributed by atoms with E-state index in [1.807, 2.05) is 45.8 Å². The molecule has 2 aromatic heterocycles. The fourth-order valence-electron chi connectivity index (χ4n) is 2.05. The Morgan fingerprint density at radius 2 is 2.20 bits per heavy atom. The van der Waals surface area contributed by atoms with E-state index < -0.39 is 0 Å². The Morgan fingerprint density at radius 3 is 3.00 bits per heavy atom. The van der Waals surface area contributed by atoms with Crippen molar-refractivity contribution in [2.75, 3.05) is 7.11 Å². The van der Waals surface area contributed by atoms with Crippen LogP contribution < -0.4 is 4.74 Å². The summed E-state index contributed by atoms with van der Waals surface area (Å²) in [7, 11) is 1.66. The van der Waals surface area contributed by atoms with Crippen molar-refractivity contribution in [1.82, 2.24) is 24.5 Å². The summed E-state index contributed by atoms with van der Waals surface area (Å²) in [5.41, 5.74) is 0.991. The Kier molecular flexibility index (Phi) is 3.45. The van der Waals surface area contributed by atoms with Gasteiger partial charge in [-0.25, -0.2) is 0 Å². The van der Waals surface area contributed by atoms with Gasteiger partial charge >= 0.3 is 0 Å². The van der Waals surface area contributed by atoms with Gasteiger partial charge in [0, 0.05) is 31.4 Å². The minimum atomic E-state index is 0.763. The highest BCUT2D eigenvalue weighted by atomic mass is 16.5. The monoisotopic (exact) mass is 269 g/mol. The lowest BCUT2D eigenvalue weighted by molar-refractivity contribution is 0.414. The molecule has 0 aliphatic carbocycles. The molecule has 0 saturated heterocycles. The van der Waals surface area contributed by atoms with E-state index in [2.05, 4.69) is 15.3 Å². The fraction of sp³-hybridized carbons (Fsp3) is 0.214. The number of nitrogens with zero attached hydrogens (tertiary/aromatic N) is 5. The first-order valence-corrected chi connectivity index (χ1v) is 6.37. The summed E-state index contributed by atoms with van der Waals surface area (Å²) in [5, 5.41) is 12.4. The van der Waals surface area contributed by atoms with Crippen LogP contribution in [0.15, 0.2) is 49.1 Å². The molecule has 6 nitrogen and oxygen atoms in total. The maximum atomic E-state index is 5.24. The molecule has 1 aromatic carbocycles. The van der Waals surface area contributed by atoms with Crippen LogP contribution in [0, 0.1) is 0 Å². The molecule has 0 aliphatic rings. The highest BCUT2D eigenvalue weighted by Gasteiger charge is 2.07. The lowest BCUT2D eigenvalue weighted by Crippen LogP contribution is -2.07. The van der Waals surface area contributed by atoms with Gasteiger partial charge in [0.25, 0.3) is 0 Å². The van der Waals surface area contributed by atoms with Gasteiger partial charge in [0.2, 0.25) is 0 Å². The van der Waals surface area contributed by atoms with Crippen molar-refractivity contribution in [2.45, 2.75) is 13.0 Å². The summed E-state index contributed by atoms with van der Waals surface area (Å²) in [5.74, 6) is 1.71. The van der Waals surface area contributed by atoms with Gasteiger partial charge in [0.15, 0.2) is 0 Å². The third kappa shape index (κ3) is 2.54. The lowest BCUT2D eigenvalue weighted by Gasteiger charge is -2.08. The number of aryl methyl sites for hydroxylation is 2. The molecule has 0 saturated carbocycles. The van der Waals surface area contributed by atoms with Gasteiger partial charge in [0.1, 0.15) is 17.9 Å². The van der Waals surface area contributed by atoms with Gasteiger partial charge < -0.3 is 4.74 Å². The van der Waals surface area contributed by atoms with E-state index in [1.165, 1.54) is 0 Å². The van der Waals surface area contributed by atoms with E-state index in [9.17, 15) is 0 Å². The molecule has 0 amide bonds. The third-order valence-corrected chi connectivity index (χ3v) is 3.07. The highest BCUT2D eigenvalue weighted by Crippen LogP contribution is 2.17. The number of benzene rings is 1. The first kappa shape index (κ1) is 12.4. The van der Waals surface area contributed by atoms with Crippen molar-refractivity contribution in [3.63, 3.8) is 0 Å². The van der Waals surface area contributed by atoms with E-state index in [0.717, 1.165) is 30.2 Å². The SMILES string of the molecule is COc1cccc(-n2cnnc2CCn2cccn2)c1. The zero-order valence-electron chi connectivity index (χ0n) is 11.2. The van der Waals surface area contributed by atoms with E-state index in [1.54, 1.807) is 19.6 Å². The Balaban J connectivity index is 1.82. The second kappa shape index (κ2) is 5.56. The molecule has 0 unspecified atom stereocenters. The Bertz CT molecular complexity index is 674. The van der Waals surface area contributed by atoms with E-state index in [-0.39, 0.29) is 0 Å². The number of methoxy groups -OCH3 is 1. The van der Waals surface area contributed by atoms with E-state index in [0.29, 0.717) is 0 Å². The van der Waals surface area contributed by atoms with Crippen molar-refractivity contribution in [2.24, 2.45) is 0 Å². The molecule has 6 heteroatoms. The van der Waals surface area contributed by atoms with Crippen LogP contribution in [0.5, 0.6) is 5.75 Å². The zero-order chi connectivity index (χ0) is 13.8. The molecule has 3 rings (SSSR count). The number of aromatic nitrogens is 5. The Labute approximate surface area is 116 Å². The Morgan fingerprint density at radius 1 is 1.25 bits per heavy atom. The molecule has 102 valence electrons. The number of hydrogen-bond donors (Lipinski definition) is 0. The van der Waals surface area contributed by atoms with Crippen LogP contribution in [0.1, 0.15) is 5.82 Å². The number of ether oxygens (including phenoxy) is 1. The zero-order valence-corrected chi connectivity index (χ0v) is 11.2. The van der Waals surface area contributed by atoms with Gasteiger partial charge in [-0.15, -0.1) is 10.2 Å². The smallest absolute Gasteiger partial charge is 0.139 e. The predicted molar refractivity (Wildman–Crippen MR) is 73.8 cm³/mol. The van der Waals surface area contributed by atoms with Gasteiger partial charge in [-0.05, 0) is 18.2 Å². The quantitative estimate of drug-likeness (QED) is 0.707. The number of hydrogen-bond acceptors (Lipinski definition) is 4. The van der Waals surface area contributed by atoms with E-state index >= 15 is 0 Å². The summed E-state index contributed by atoms with van der Waals surface area (Å²) in [6.07, 6.45) is 6.19. The van der Waals surface area contributed by atoms with Crippen LogP contribution in [0.4, 0.5) is 0 Å². The molecule has 0 spiro atoms. The summed E-state index contributed by atoms with van der Waals surface area (Å²) in [6.45, 7) is 0.773. The second-order valence-electron chi connectivity index (χ2n) is 4.34. The van der Waals surface area contributed by atoms with Crippen LogP contribution in [0.25, 0.3) is 5.69 Å². The molecule has 20 heavy (non-hydrogen) atoms. The van der Waals surface area contributed by atoms with Crippen LogP contribution in [0.3, 0.4) is 0 Å². The molecule has 0 bridgehead atoms. The molecule has 0 aliphatic heterocycles. The minimum absolute atomic E-state index is 0.763. The average molecular weight is 269 g/mol. The lowest BCUT2D eigenvalue weighted by atomic mass is 10.3. The molecule has 0 fully saturated rings. The molecule has 2 heterocycles. The highest BCUT2D eigenvalue weighted by molar-refractivity contribution is 5.39. The predicted octanol–water partition coefficient (Wildman–Crippen LogP) is 1.72. The normalized spacial score (nSPS) is 10.7. The van der Waals surface area contributed by atoms with Crippen LogP contribution in [0.2, 0.25) is 0 Å². The van der Waals surface area contributed by atoms with Crippen molar-refractivity contribution >= 4 is 0 Å². The maximum absolute atomic E-state index is 5.24. The molecular formula is C14H15N5O. The van der Waals surface area contributed by atoms with Crippen molar-refractivity contribution in [3.05, 3.63) is 54.9 Å². The van der Waals surface area contributed by atoms with Crippen LogP contribution in [-0.2, 0) is 13.0 Å². The largest absolute Gasteiger partial charge is 0.497 e. The first-order valence-electron chi connectivity index (χ1n) is 6.37. The standard InChI is InChI=1S/C14H15N5O/c1-20-13-5-2-4-12(10-13)19-11-15-17-14(19)6-9-18-8-3-7-16-18/h2-5,7-8,10-11H,6,9H2,1H3. The van der Waals surface area contributed by atoms with E-state index in [4.69, 9.17) is 4.74 Å². The summed E-state index contributed by atoms with van der Waals surface area (Å²) >= 11 is 0. The topological polar surface area (TPSA) is 57.8 Å². The second-order valence-corrected chi connectivity index (χ2v) is 4.34. The van der Waals surface area contributed by atoms with Crippen LogP contribution >= 0.6 is 0 Å². The minimum Gasteiger partial charge on any atom is -0.497 e.